The summed E-state index contributed by atoms with van der Waals surface area (Å²) in [7, 11) is 0. The number of benzene rings is 2. The van der Waals surface area contributed by atoms with E-state index in [1.54, 1.807) is 6.92 Å². The van der Waals surface area contributed by atoms with E-state index in [0.717, 1.165) is 16.7 Å². The fraction of sp³-hybridized carbons (Fsp3) is 0.176. The number of ether oxygens (including phenoxy) is 1. The first-order chi connectivity index (χ1) is 10.1. The van der Waals surface area contributed by atoms with Gasteiger partial charge in [0, 0.05) is 10.6 Å². The third-order valence-corrected chi connectivity index (χ3v) is 3.57. The van der Waals surface area contributed by atoms with Crippen LogP contribution in [0.2, 0.25) is 5.02 Å². The van der Waals surface area contributed by atoms with Gasteiger partial charge in [0.1, 0.15) is 6.61 Å². The average Bonchev–Trinajstić information content (AvgIpc) is 2.52. The van der Waals surface area contributed by atoms with E-state index in [2.05, 4.69) is 0 Å². The van der Waals surface area contributed by atoms with Crippen LogP contribution in [0.5, 0.6) is 0 Å². The topological polar surface area (TPSA) is 43.4 Å². The highest BCUT2D eigenvalue weighted by atomic mass is 35.5. The Kier molecular flexibility index (Phi) is 5.12. The Morgan fingerprint density at radius 3 is 2.48 bits per heavy atom. The van der Waals surface area contributed by atoms with Crippen molar-refractivity contribution in [3.05, 3.63) is 59.1 Å². The van der Waals surface area contributed by atoms with Crippen LogP contribution < -0.4 is 0 Å². The number of carbonyl (C=O) groups is 2. The number of carbonyl (C=O) groups excluding carboxylic acids is 2. The maximum Gasteiger partial charge on any atom is 0.313 e. The van der Waals surface area contributed by atoms with Gasteiger partial charge in [-0.05, 0) is 24.1 Å². The quantitative estimate of drug-likeness (QED) is 0.622. The monoisotopic (exact) mass is 302 g/mol. The lowest BCUT2D eigenvalue weighted by molar-refractivity contribution is -0.146. The largest absolute Gasteiger partial charge is 0.458 e. The minimum atomic E-state index is -0.412. The third-order valence-electron chi connectivity index (χ3n) is 3.24. The van der Waals surface area contributed by atoms with Gasteiger partial charge in [0.15, 0.2) is 6.29 Å². The first kappa shape index (κ1) is 15.3. The molecule has 0 saturated heterocycles. The van der Waals surface area contributed by atoms with E-state index in [0.29, 0.717) is 11.3 Å². The summed E-state index contributed by atoms with van der Waals surface area (Å²) in [5.74, 6) is -0.821. The molecule has 0 aliphatic carbocycles. The summed E-state index contributed by atoms with van der Waals surface area (Å²) in [4.78, 5) is 21.9. The number of rotatable bonds is 5. The molecule has 0 fully saturated rings. The van der Waals surface area contributed by atoms with Gasteiger partial charge in [-0.15, -0.1) is 0 Å². The average molecular weight is 303 g/mol. The molecule has 0 heterocycles. The Bertz CT molecular complexity index is 635. The lowest BCUT2D eigenvalue weighted by Gasteiger charge is -2.11. The van der Waals surface area contributed by atoms with Crippen molar-refractivity contribution in [2.75, 3.05) is 6.61 Å². The molecule has 0 radical (unpaired) electrons. The van der Waals surface area contributed by atoms with Crippen LogP contribution in [0.15, 0.2) is 48.5 Å². The lowest BCUT2D eigenvalue weighted by Crippen LogP contribution is -2.14. The molecule has 0 aliphatic rings. The van der Waals surface area contributed by atoms with Gasteiger partial charge in [0.2, 0.25) is 0 Å². The molecular formula is C17H15ClO3. The highest BCUT2D eigenvalue weighted by Crippen LogP contribution is 2.28. The fourth-order valence-corrected chi connectivity index (χ4v) is 2.27. The van der Waals surface area contributed by atoms with Crippen molar-refractivity contribution in [1.29, 1.82) is 0 Å². The molecule has 108 valence electrons. The maximum absolute atomic E-state index is 11.7. The molecule has 1 atom stereocenters. The molecule has 0 amide bonds. The van der Waals surface area contributed by atoms with Gasteiger partial charge in [0.25, 0.3) is 0 Å². The normalized spacial score (nSPS) is 11.7. The van der Waals surface area contributed by atoms with E-state index in [1.807, 2.05) is 48.5 Å². The van der Waals surface area contributed by atoms with Crippen molar-refractivity contribution in [1.82, 2.24) is 0 Å². The van der Waals surface area contributed by atoms with Crippen LogP contribution in [0.1, 0.15) is 18.4 Å². The van der Waals surface area contributed by atoms with Crippen LogP contribution >= 0.6 is 11.6 Å². The van der Waals surface area contributed by atoms with E-state index < -0.39 is 11.9 Å². The van der Waals surface area contributed by atoms with E-state index in [1.165, 1.54) is 0 Å². The van der Waals surface area contributed by atoms with Crippen LogP contribution in [0.25, 0.3) is 11.1 Å². The molecule has 2 rings (SSSR count). The molecule has 1 unspecified atom stereocenters. The molecule has 0 spiro atoms. The minimum Gasteiger partial charge on any atom is -0.458 e. The molecule has 2 aromatic carbocycles. The summed E-state index contributed by atoms with van der Waals surface area (Å²) in [6.45, 7) is 1.54. The number of halogens is 1. The Labute approximate surface area is 128 Å². The second-order valence-electron chi connectivity index (χ2n) is 4.62. The van der Waals surface area contributed by atoms with Gasteiger partial charge in [-0.2, -0.15) is 0 Å². The highest BCUT2D eigenvalue weighted by Gasteiger charge is 2.16. The van der Waals surface area contributed by atoms with Crippen molar-refractivity contribution in [2.24, 2.45) is 0 Å². The number of hydrogen-bond donors (Lipinski definition) is 0. The zero-order valence-electron chi connectivity index (χ0n) is 11.6. The number of hydrogen-bond acceptors (Lipinski definition) is 3. The van der Waals surface area contributed by atoms with Gasteiger partial charge in [-0.3, -0.25) is 9.59 Å². The first-order valence-electron chi connectivity index (χ1n) is 6.58. The van der Waals surface area contributed by atoms with Crippen molar-refractivity contribution in [2.45, 2.75) is 12.8 Å². The molecule has 4 heteroatoms. The van der Waals surface area contributed by atoms with E-state index in [-0.39, 0.29) is 6.61 Å². The van der Waals surface area contributed by atoms with Gasteiger partial charge < -0.3 is 4.74 Å². The molecule has 0 N–H and O–H groups in total. The summed E-state index contributed by atoms with van der Waals surface area (Å²) in [5, 5.41) is 0.684. The summed E-state index contributed by atoms with van der Waals surface area (Å²) < 4.78 is 4.81. The molecule has 0 saturated carbocycles. The Hall–Kier alpha value is -2.13. The number of esters is 1. The smallest absolute Gasteiger partial charge is 0.313 e. The summed E-state index contributed by atoms with van der Waals surface area (Å²) in [5.41, 5.74) is 2.77. The van der Waals surface area contributed by atoms with Gasteiger partial charge in [-0.25, -0.2) is 0 Å². The summed E-state index contributed by atoms with van der Waals surface area (Å²) in [6, 6.07) is 15.2. The Morgan fingerprint density at radius 1 is 1.19 bits per heavy atom. The Morgan fingerprint density at radius 2 is 1.86 bits per heavy atom. The van der Waals surface area contributed by atoms with Crippen LogP contribution in [0.3, 0.4) is 0 Å². The summed E-state index contributed by atoms with van der Waals surface area (Å²) >= 11 is 6.16. The van der Waals surface area contributed by atoms with Gasteiger partial charge in [0.05, 0.1) is 5.92 Å². The zero-order valence-corrected chi connectivity index (χ0v) is 12.3. The fourth-order valence-electron chi connectivity index (χ4n) is 2.02. The predicted octanol–water partition coefficient (Wildman–Crippen LogP) is 3.85. The highest BCUT2D eigenvalue weighted by molar-refractivity contribution is 6.33. The van der Waals surface area contributed by atoms with Crippen molar-refractivity contribution in [3.63, 3.8) is 0 Å². The molecule has 0 aromatic heterocycles. The van der Waals surface area contributed by atoms with Gasteiger partial charge in [-0.1, -0.05) is 54.1 Å². The molecule has 3 nitrogen and oxygen atoms in total. The minimum absolute atomic E-state index is 0.207. The molecule has 21 heavy (non-hydrogen) atoms. The second-order valence-corrected chi connectivity index (χ2v) is 5.03. The SMILES string of the molecule is CC(C(=O)OCC=O)c1ccc(-c2ccccc2Cl)cc1. The summed E-state index contributed by atoms with van der Waals surface area (Å²) in [6.07, 6.45) is 0.561. The van der Waals surface area contributed by atoms with Crippen molar-refractivity contribution < 1.29 is 14.3 Å². The van der Waals surface area contributed by atoms with Crippen LogP contribution in [0.4, 0.5) is 0 Å². The molecule has 0 bridgehead atoms. The van der Waals surface area contributed by atoms with E-state index in [9.17, 15) is 9.59 Å². The van der Waals surface area contributed by atoms with Crippen molar-refractivity contribution >= 4 is 23.9 Å². The molecule has 0 aliphatic heterocycles. The predicted molar refractivity (Wildman–Crippen MR) is 82.3 cm³/mol. The number of aldehydes is 1. The molecular weight excluding hydrogens is 288 g/mol. The van der Waals surface area contributed by atoms with Crippen LogP contribution in [0, 0.1) is 0 Å². The zero-order chi connectivity index (χ0) is 15.2. The van der Waals surface area contributed by atoms with Crippen LogP contribution in [-0.2, 0) is 14.3 Å². The standard InChI is InChI=1S/C17H15ClO3/c1-12(17(20)21-11-10-19)13-6-8-14(9-7-13)15-4-2-3-5-16(15)18/h2-10,12H,11H2,1H3. The third kappa shape index (κ3) is 3.70. The van der Waals surface area contributed by atoms with Gasteiger partial charge >= 0.3 is 5.97 Å². The van der Waals surface area contributed by atoms with Crippen molar-refractivity contribution in [3.8, 4) is 11.1 Å². The van der Waals surface area contributed by atoms with Crippen LogP contribution in [-0.4, -0.2) is 18.9 Å². The van der Waals surface area contributed by atoms with E-state index >= 15 is 0 Å². The van der Waals surface area contributed by atoms with E-state index in [4.69, 9.17) is 16.3 Å². The maximum atomic E-state index is 11.7. The second kappa shape index (κ2) is 7.04. The Balaban J connectivity index is 2.17. The molecule has 2 aromatic rings. The lowest BCUT2D eigenvalue weighted by atomic mass is 9.97. The first-order valence-corrected chi connectivity index (χ1v) is 6.96.